The summed E-state index contributed by atoms with van der Waals surface area (Å²) in [6.45, 7) is 2.18. The number of nitrogens with one attached hydrogen (secondary N) is 2. The van der Waals surface area contributed by atoms with Crippen LogP contribution in [0.2, 0.25) is 0 Å². The molecule has 1 fully saturated rings. The van der Waals surface area contributed by atoms with Gasteiger partial charge in [-0.1, -0.05) is 6.42 Å². The molecule has 0 aliphatic carbocycles. The van der Waals surface area contributed by atoms with Crippen molar-refractivity contribution >= 4 is 11.6 Å². The molecule has 0 spiro atoms. The molecule has 1 aliphatic rings. The van der Waals surface area contributed by atoms with Crippen LogP contribution in [0.3, 0.4) is 0 Å². The lowest BCUT2D eigenvalue weighted by Crippen LogP contribution is -2.35. The molecule has 1 aromatic heterocycles. The van der Waals surface area contributed by atoms with Crippen molar-refractivity contribution in [3.8, 4) is 0 Å². The first-order valence-electron chi connectivity index (χ1n) is 5.40. The molecule has 5 nitrogen and oxygen atoms in total. The lowest BCUT2D eigenvalue weighted by Gasteiger charge is -2.27. The SMILES string of the molecule is CNc1cncc(NN2CCCCC2)n1. The second kappa shape index (κ2) is 4.93. The molecule has 0 unspecified atom stereocenters. The summed E-state index contributed by atoms with van der Waals surface area (Å²) in [6.07, 6.45) is 7.30. The minimum Gasteiger partial charge on any atom is -0.372 e. The van der Waals surface area contributed by atoms with Crippen LogP contribution in [0.4, 0.5) is 11.6 Å². The number of nitrogens with zero attached hydrogens (tertiary/aromatic N) is 3. The number of hydrazine groups is 1. The van der Waals surface area contributed by atoms with Crippen molar-refractivity contribution in [3.63, 3.8) is 0 Å². The molecule has 2 heterocycles. The molecule has 0 amide bonds. The summed E-state index contributed by atoms with van der Waals surface area (Å²) in [4.78, 5) is 8.47. The Bertz CT molecular complexity index is 308. The van der Waals surface area contributed by atoms with E-state index in [-0.39, 0.29) is 0 Å². The number of rotatable bonds is 3. The minimum atomic E-state index is 0.789. The highest BCUT2D eigenvalue weighted by atomic mass is 15.5. The van der Waals surface area contributed by atoms with E-state index in [0.717, 1.165) is 24.7 Å². The van der Waals surface area contributed by atoms with E-state index in [0.29, 0.717) is 0 Å². The Kier molecular flexibility index (Phi) is 3.34. The van der Waals surface area contributed by atoms with E-state index in [1.54, 1.807) is 12.4 Å². The van der Waals surface area contributed by atoms with Crippen molar-refractivity contribution in [2.24, 2.45) is 0 Å². The van der Waals surface area contributed by atoms with Gasteiger partial charge in [-0.2, -0.15) is 0 Å². The van der Waals surface area contributed by atoms with E-state index >= 15 is 0 Å². The van der Waals surface area contributed by atoms with E-state index in [4.69, 9.17) is 0 Å². The van der Waals surface area contributed by atoms with Gasteiger partial charge in [0.2, 0.25) is 0 Å². The molecule has 0 aromatic carbocycles. The molecule has 82 valence electrons. The van der Waals surface area contributed by atoms with Crippen LogP contribution in [0.25, 0.3) is 0 Å². The second-order valence-corrected chi connectivity index (χ2v) is 3.70. The fourth-order valence-electron chi connectivity index (χ4n) is 1.71. The first-order valence-corrected chi connectivity index (χ1v) is 5.40. The monoisotopic (exact) mass is 207 g/mol. The Morgan fingerprint density at radius 3 is 2.60 bits per heavy atom. The zero-order valence-electron chi connectivity index (χ0n) is 9.03. The van der Waals surface area contributed by atoms with Gasteiger partial charge in [0.15, 0.2) is 5.82 Å². The molecule has 1 aliphatic heterocycles. The summed E-state index contributed by atoms with van der Waals surface area (Å²) < 4.78 is 0. The highest BCUT2D eigenvalue weighted by molar-refractivity contribution is 5.40. The Morgan fingerprint density at radius 1 is 1.13 bits per heavy atom. The molecule has 0 bridgehead atoms. The Labute approximate surface area is 89.9 Å². The minimum absolute atomic E-state index is 0.789. The Hall–Kier alpha value is -1.36. The number of piperidine rings is 1. The van der Waals surface area contributed by atoms with E-state index in [1.807, 2.05) is 7.05 Å². The molecular formula is C10H17N5. The van der Waals surface area contributed by atoms with Gasteiger partial charge in [0.05, 0.1) is 12.4 Å². The zero-order chi connectivity index (χ0) is 10.5. The van der Waals surface area contributed by atoms with Crippen molar-refractivity contribution in [1.82, 2.24) is 15.0 Å². The predicted octanol–water partition coefficient (Wildman–Crippen LogP) is 1.33. The van der Waals surface area contributed by atoms with Gasteiger partial charge < -0.3 is 10.7 Å². The van der Waals surface area contributed by atoms with Gasteiger partial charge in [0, 0.05) is 20.1 Å². The molecule has 0 atom stereocenters. The fraction of sp³-hybridized carbons (Fsp3) is 0.600. The van der Waals surface area contributed by atoms with Gasteiger partial charge in [-0.15, -0.1) is 0 Å². The smallest absolute Gasteiger partial charge is 0.161 e. The lowest BCUT2D eigenvalue weighted by atomic mass is 10.2. The molecule has 2 rings (SSSR count). The predicted molar refractivity (Wildman–Crippen MR) is 60.6 cm³/mol. The fourth-order valence-corrected chi connectivity index (χ4v) is 1.71. The van der Waals surface area contributed by atoms with Crippen LogP contribution in [0, 0.1) is 0 Å². The van der Waals surface area contributed by atoms with Crippen molar-refractivity contribution in [3.05, 3.63) is 12.4 Å². The van der Waals surface area contributed by atoms with E-state index in [1.165, 1.54) is 19.3 Å². The maximum absolute atomic E-state index is 4.36. The Balaban J connectivity index is 1.96. The van der Waals surface area contributed by atoms with E-state index < -0.39 is 0 Å². The molecule has 5 heteroatoms. The van der Waals surface area contributed by atoms with Crippen LogP contribution < -0.4 is 10.7 Å². The summed E-state index contributed by atoms with van der Waals surface area (Å²) in [5.41, 5.74) is 3.28. The third kappa shape index (κ3) is 2.79. The topological polar surface area (TPSA) is 53.1 Å². The Morgan fingerprint density at radius 2 is 1.87 bits per heavy atom. The number of hydrogen-bond donors (Lipinski definition) is 2. The first-order chi connectivity index (χ1) is 7.38. The standard InChI is InChI=1S/C10H17N5/c1-11-9-7-12-8-10(13-9)14-15-5-3-2-4-6-15/h7-8H,2-6H2,1H3,(H2,11,13,14). The average Bonchev–Trinajstić information content (AvgIpc) is 2.31. The summed E-state index contributed by atoms with van der Waals surface area (Å²) in [5.74, 6) is 1.60. The largest absolute Gasteiger partial charge is 0.372 e. The summed E-state index contributed by atoms with van der Waals surface area (Å²) >= 11 is 0. The average molecular weight is 207 g/mol. The summed E-state index contributed by atoms with van der Waals surface area (Å²) in [7, 11) is 1.84. The molecule has 2 N–H and O–H groups in total. The van der Waals surface area contributed by atoms with Gasteiger partial charge in [-0.3, -0.25) is 4.98 Å². The molecule has 1 saturated heterocycles. The van der Waals surface area contributed by atoms with Crippen molar-refractivity contribution < 1.29 is 0 Å². The third-order valence-electron chi connectivity index (χ3n) is 2.52. The second-order valence-electron chi connectivity index (χ2n) is 3.70. The molecule has 0 saturated carbocycles. The lowest BCUT2D eigenvalue weighted by molar-refractivity contribution is 0.272. The van der Waals surface area contributed by atoms with Gasteiger partial charge in [-0.05, 0) is 12.8 Å². The van der Waals surface area contributed by atoms with E-state index in [9.17, 15) is 0 Å². The number of anilines is 2. The maximum atomic E-state index is 4.36. The van der Waals surface area contributed by atoms with Gasteiger partial charge >= 0.3 is 0 Å². The summed E-state index contributed by atoms with van der Waals surface area (Å²) in [6, 6.07) is 0. The van der Waals surface area contributed by atoms with Crippen LogP contribution in [0.5, 0.6) is 0 Å². The highest BCUT2D eigenvalue weighted by Gasteiger charge is 2.10. The summed E-state index contributed by atoms with van der Waals surface area (Å²) in [5, 5.41) is 5.17. The van der Waals surface area contributed by atoms with Crippen LogP contribution in [0.15, 0.2) is 12.4 Å². The normalized spacial score (nSPS) is 17.4. The van der Waals surface area contributed by atoms with Crippen LogP contribution in [0.1, 0.15) is 19.3 Å². The van der Waals surface area contributed by atoms with Gasteiger partial charge in [0.1, 0.15) is 5.82 Å². The van der Waals surface area contributed by atoms with Crippen LogP contribution in [-0.4, -0.2) is 35.1 Å². The van der Waals surface area contributed by atoms with E-state index in [2.05, 4.69) is 25.7 Å². The van der Waals surface area contributed by atoms with Crippen LogP contribution in [-0.2, 0) is 0 Å². The first kappa shape index (κ1) is 10.2. The highest BCUT2D eigenvalue weighted by Crippen LogP contribution is 2.11. The van der Waals surface area contributed by atoms with Gasteiger partial charge in [-0.25, -0.2) is 9.99 Å². The number of hydrogen-bond acceptors (Lipinski definition) is 5. The molecule has 1 aromatic rings. The number of aromatic nitrogens is 2. The van der Waals surface area contributed by atoms with Crippen molar-refractivity contribution in [2.45, 2.75) is 19.3 Å². The zero-order valence-corrected chi connectivity index (χ0v) is 9.03. The van der Waals surface area contributed by atoms with Crippen molar-refractivity contribution in [1.29, 1.82) is 0 Å². The maximum Gasteiger partial charge on any atom is 0.161 e. The molecular weight excluding hydrogens is 190 g/mol. The quantitative estimate of drug-likeness (QED) is 0.783. The van der Waals surface area contributed by atoms with Gasteiger partial charge in [0.25, 0.3) is 0 Å². The molecule has 15 heavy (non-hydrogen) atoms. The van der Waals surface area contributed by atoms with Crippen LogP contribution >= 0.6 is 0 Å². The van der Waals surface area contributed by atoms with Crippen molar-refractivity contribution in [2.75, 3.05) is 30.9 Å². The third-order valence-corrected chi connectivity index (χ3v) is 2.52. The molecule has 0 radical (unpaired) electrons.